The second-order valence-corrected chi connectivity index (χ2v) is 5.95. The molecule has 5 aromatic rings. The van der Waals surface area contributed by atoms with Gasteiger partial charge in [-0.1, -0.05) is 55.1 Å². The summed E-state index contributed by atoms with van der Waals surface area (Å²) in [6.45, 7) is 4.00. The van der Waals surface area contributed by atoms with E-state index in [1.165, 1.54) is 43.4 Å². The van der Waals surface area contributed by atoms with Crippen molar-refractivity contribution in [2.45, 2.75) is 0 Å². The van der Waals surface area contributed by atoms with Gasteiger partial charge in [0.2, 0.25) is 0 Å². The second-order valence-electron chi connectivity index (χ2n) is 5.95. The van der Waals surface area contributed by atoms with Gasteiger partial charge >= 0.3 is 0 Å². The van der Waals surface area contributed by atoms with Gasteiger partial charge in [-0.05, 0) is 45.8 Å². The lowest BCUT2D eigenvalue weighted by Gasteiger charge is -2.05. The van der Waals surface area contributed by atoms with Gasteiger partial charge in [0.1, 0.15) is 0 Å². The van der Waals surface area contributed by atoms with E-state index in [-0.39, 0.29) is 0 Å². The monoisotopic (exact) mass is 293 g/mol. The molecule has 0 amide bonds. The topological polar surface area (TPSA) is 4.93 Å². The second kappa shape index (κ2) is 4.47. The molecule has 23 heavy (non-hydrogen) atoms. The Kier molecular flexibility index (Phi) is 2.42. The molecule has 0 atom stereocenters. The third-order valence-corrected chi connectivity index (χ3v) is 4.74. The zero-order valence-electron chi connectivity index (χ0n) is 12.7. The Balaban J connectivity index is 2.10. The average molecular weight is 293 g/mol. The third kappa shape index (κ3) is 1.62. The van der Waals surface area contributed by atoms with Crippen molar-refractivity contribution in [3.63, 3.8) is 0 Å². The van der Waals surface area contributed by atoms with Gasteiger partial charge in [0.05, 0.1) is 11.0 Å². The maximum atomic E-state index is 4.00. The van der Waals surface area contributed by atoms with Crippen LogP contribution in [-0.2, 0) is 0 Å². The minimum absolute atomic E-state index is 1.21. The molecule has 0 saturated carbocycles. The Hall–Kier alpha value is -3.06. The first kappa shape index (κ1) is 12.5. The fraction of sp³-hybridized carbons (Fsp3) is 0. The minimum Gasteiger partial charge on any atom is -0.317 e. The zero-order chi connectivity index (χ0) is 15.4. The molecule has 0 aliphatic heterocycles. The summed E-state index contributed by atoms with van der Waals surface area (Å²) in [5, 5.41) is 7.74. The van der Waals surface area contributed by atoms with Crippen LogP contribution in [0.1, 0.15) is 0 Å². The van der Waals surface area contributed by atoms with Gasteiger partial charge < -0.3 is 4.57 Å². The van der Waals surface area contributed by atoms with E-state index < -0.39 is 0 Å². The molecule has 1 heteroatoms. The molecule has 4 aromatic carbocycles. The lowest BCUT2D eigenvalue weighted by molar-refractivity contribution is 1.30. The highest BCUT2D eigenvalue weighted by Gasteiger charge is 2.12. The largest absolute Gasteiger partial charge is 0.317 e. The number of para-hydroxylation sites is 1. The number of hydrogen-bond acceptors (Lipinski definition) is 0. The molecule has 0 saturated heterocycles. The Morgan fingerprint density at radius 1 is 0.652 bits per heavy atom. The zero-order valence-corrected chi connectivity index (χ0v) is 12.7. The number of benzene rings is 4. The van der Waals surface area contributed by atoms with Gasteiger partial charge in [-0.2, -0.15) is 0 Å². The Morgan fingerprint density at radius 2 is 1.39 bits per heavy atom. The van der Waals surface area contributed by atoms with Gasteiger partial charge in [0, 0.05) is 17.0 Å². The van der Waals surface area contributed by atoms with Crippen LogP contribution in [0.3, 0.4) is 0 Å². The molecule has 0 spiro atoms. The predicted octanol–water partition coefficient (Wildman–Crippen LogP) is 6.20. The fourth-order valence-corrected chi connectivity index (χ4v) is 3.71. The van der Waals surface area contributed by atoms with Crippen molar-refractivity contribution in [1.29, 1.82) is 0 Å². The lowest BCUT2D eigenvalue weighted by Crippen LogP contribution is -1.84. The summed E-state index contributed by atoms with van der Waals surface area (Å²) in [4.78, 5) is 0. The van der Waals surface area contributed by atoms with E-state index in [0.717, 1.165) is 0 Å². The summed E-state index contributed by atoms with van der Waals surface area (Å²) in [6.07, 6.45) is 1.90. The molecule has 1 aromatic heterocycles. The van der Waals surface area contributed by atoms with Crippen LogP contribution in [0.25, 0.3) is 49.6 Å². The number of nitrogens with zero attached hydrogens (tertiary/aromatic N) is 1. The first-order valence-electron chi connectivity index (χ1n) is 7.83. The van der Waals surface area contributed by atoms with Crippen molar-refractivity contribution in [2.75, 3.05) is 0 Å². The van der Waals surface area contributed by atoms with Gasteiger partial charge in [0.15, 0.2) is 0 Å². The highest BCUT2D eigenvalue weighted by Crippen LogP contribution is 2.36. The van der Waals surface area contributed by atoms with Crippen LogP contribution in [0, 0.1) is 0 Å². The summed E-state index contributed by atoms with van der Waals surface area (Å²) in [5.74, 6) is 0. The third-order valence-electron chi connectivity index (χ3n) is 4.74. The van der Waals surface area contributed by atoms with Gasteiger partial charge in [-0.25, -0.2) is 0 Å². The van der Waals surface area contributed by atoms with E-state index >= 15 is 0 Å². The molecule has 1 nitrogen and oxygen atoms in total. The minimum atomic E-state index is 1.21. The van der Waals surface area contributed by atoms with Gasteiger partial charge in [-0.3, -0.25) is 0 Å². The van der Waals surface area contributed by atoms with Crippen molar-refractivity contribution in [2.24, 2.45) is 0 Å². The maximum absolute atomic E-state index is 4.00. The molecule has 108 valence electrons. The summed E-state index contributed by atoms with van der Waals surface area (Å²) in [6, 6.07) is 26.1. The first-order chi connectivity index (χ1) is 11.4. The van der Waals surface area contributed by atoms with Crippen molar-refractivity contribution in [1.82, 2.24) is 4.57 Å². The quantitative estimate of drug-likeness (QED) is 0.324. The van der Waals surface area contributed by atoms with E-state index in [4.69, 9.17) is 0 Å². The van der Waals surface area contributed by atoms with Crippen LogP contribution in [0.15, 0.2) is 79.4 Å². The fourth-order valence-electron chi connectivity index (χ4n) is 3.71. The smallest absolute Gasteiger partial charge is 0.0541 e. The van der Waals surface area contributed by atoms with Crippen molar-refractivity contribution in [3.8, 4) is 0 Å². The Morgan fingerprint density at radius 3 is 2.22 bits per heavy atom. The van der Waals surface area contributed by atoms with Gasteiger partial charge in [0.25, 0.3) is 0 Å². The van der Waals surface area contributed by atoms with Crippen molar-refractivity contribution < 1.29 is 0 Å². The number of aromatic nitrogens is 1. The van der Waals surface area contributed by atoms with Crippen LogP contribution in [-0.4, -0.2) is 4.57 Å². The molecule has 0 unspecified atom stereocenters. The van der Waals surface area contributed by atoms with Crippen molar-refractivity contribution in [3.05, 3.63) is 79.4 Å². The molecule has 1 heterocycles. The van der Waals surface area contributed by atoms with Crippen molar-refractivity contribution >= 4 is 49.6 Å². The highest BCUT2D eigenvalue weighted by molar-refractivity contribution is 6.23. The van der Waals surface area contributed by atoms with Gasteiger partial charge in [-0.15, -0.1) is 0 Å². The number of fused-ring (bicyclic) bond motifs is 6. The van der Waals surface area contributed by atoms with Crippen LogP contribution in [0.2, 0.25) is 0 Å². The SMILES string of the molecule is C=Cn1c2ccccc2c2c3cc4ccccc4cc3ccc21. The summed E-state index contributed by atoms with van der Waals surface area (Å²) in [5.41, 5.74) is 2.42. The Labute approximate surface area is 134 Å². The maximum Gasteiger partial charge on any atom is 0.0541 e. The highest BCUT2D eigenvalue weighted by atomic mass is 14.9. The molecule has 0 radical (unpaired) electrons. The summed E-state index contributed by atoms with van der Waals surface area (Å²) >= 11 is 0. The molecule has 0 aliphatic rings. The van der Waals surface area contributed by atoms with E-state index in [1.807, 2.05) is 6.20 Å². The summed E-state index contributed by atoms with van der Waals surface area (Å²) in [7, 11) is 0. The molecule has 0 N–H and O–H groups in total. The van der Waals surface area contributed by atoms with E-state index in [1.54, 1.807) is 0 Å². The average Bonchev–Trinajstić information content (AvgIpc) is 2.94. The normalized spacial score (nSPS) is 11.7. The molecule has 5 rings (SSSR count). The van der Waals surface area contributed by atoms with Crippen LogP contribution in [0.4, 0.5) is 0 Å². The first-order valence-corrected chi connectivity index (χ1v) is 7.83. The van der Waals surface area contributed by atoms with E-state index in [2.05, 4.69) is 83.9 Å². The number of rotatable bonds is 1. The Bertz CT molecular complexity index is 1220. The molecular formula is C22H15N. The molecular weight excluding hydrogens is 278 g/mol. The standard InChI is InChI=1S/C22H15N/c1-2-23-20-10-6-5-9-18(20)22-19-14-16-8-4-3-7-15(16)13-17(19)11-12-21(22)23/h2-14H,1H2. The lowest BCUT2D eigenvalue weighted by atomic mass is 9.99. The van der Waals surface area contributed by atoms with Crippen LogP contribution in [0.5, 0.6) is 0 Å². The molecule has 0 bridgehead atoms. The van der Waals surface area contributed by atoms with Crippen LogP contribution >= 0.6 is 0 Å². The van der Waals surface area contributed by atoms with E-state index in [9.17, 15) is 0 Å². The van der Waals surface area contributed by atoms with E-state index in [0.29, 0.717) is 0 Å². The predicted molar refractivity (Wildman–Crippen MR) is 101 cm³/mol. The summed E-state index contributed by atoms with van der Waals surface area (Å²) < 4.78 is 2.18. The molecule has 0 fully saturated rings. The number of hydrogen-bond donors (Lipinski definition) is 0. The molecule has 0 aliphatic carbocycles. The van der Waals surface area contributed by atoms with Crippen LogP contribution < -0.4 is 0 Å².